The monoisotopic (exact) mass is 247 g/mol. The van der Waals surface area contributed by atoms with Crippen LogP contribution in [0.4, 0.5) is 0 Å². The zero-order chi connectivity index (χ0) is 10.7. The van der Waals surface area contributed by atoms with Gasteiger partial charge in [-0.15, -0.1) is 4.37 Å². The van der Waals surface area contributed by atoms with Crippen LogP contribution >= 0.6 is 23.3 Å². The highest BCUT2D eigenvalue weighted by Crippen LogP contribution is 2.22. The van der Waals surface area contributed by atoms with Gasteiger partial charge in [0.25, 0.3) is 5.88 Å². The third-order valence-corrected chi connectivity index (χ3v) is 3.61. The van der Waals surface area contributed by atoms with E-state index in [0.717, 1.165) is 18.3 Å². The zero-order valence-electron chi connectivity index (χ0n) is 8.65. The Kier molecular flexibility index (Phi) is 3.77. The van der Waals surface area contributed by atoms with E-state index >= 15 is 0 Å². The van der Waals surface area contributed by atoms with Crippen molar-refractivity contribution in [3.63, 3.8) is 0 Å². The zero-order valence-corrected chi connectivity index (χ0v) is 10.2. The van der Waals surface area contributed by atoms with E-state index in [2.05, 4.69) is 20.7 Å². The molecule has 1 aromatic heterocycles. The second kappa shape index (κ2) is 5.09. The summed E-state index contributed by atoms with van der Waals surface area (Å²) in [6, 6.07) is 0.483. The average molecular weight is 248 g/mol. The topological polar surface area (TPSA) is 38.2 Å². The Morgan fingerprint density at radius 1 is 1.53 bits per heavy atom. The van der Waals surface area contributed by atoms with E-state index in [4.69, 9.17) is 16.3 Å². The van der Waals surface area contributed by atoms with Gasteiger partial charge in [0.1, 0.15) is 6.61 Å². The summed E-state index contributed by atoms with van der Waals surface area (Å²) in [5, 5.41) is 0.374. The van der Waals surface area contributed by atoms with Crippen LogP contribution in [0.15, 0.2) is 0 Å². The molecule has 15 heavy (non-hydrogen) atoms. The third kappa shape index (κ3) is 2.80. The van der Waals surface area contributed by atoms with Crippen LogP contribution in [0.25, 0.3) is 0 Å². The summed E-state index contributed by atoms with van der Waals surface area (Å²) in [4.78, 5) is 2.33. The van der Waals surface area contributed by atoms with Crippen LogP contribution in [0.1, 0.15) is 19.3 Å². The minimum absolute atomic E-state index is 0.374. The minimum Gasteiger partial charge on any atom is -0.473 e. The molecule has 2 rings (SSSR count). The lowest BCUT2D eigenvalue weighted by atomic mass is 10.0. The van der Waals surface area contributed by atoms with Gasteiger partial charge in [0.15, 0.2) is 0 Å². The maximum Gasteiger partial charge on any atom is 0.265 e. The summed E-state index contributed by atoms with van der Waals surface area (Å²) in [6.45, 7) is 1.80. The highest BCUT2D eigenvalue weighted by atomic mass is 35.5. The molecule has 1 unspecified atom stereocenters. The average Bonchev–Trinajstić information content (AvgIpc) is 2.63. The van der Waals surface area contributed by atoms with E-state index in [0.29, 0.717) is 23.7 Å². The highest BCUT2D eigenvalue weighted by Gasteiger charge is 2.20. The normalized spacial score (nSPS) is 22.9. The molecular formula is C9H14ClN3OS. The number of ether oxygens (including phenoxy) is 1. The summed E-state index contributed by atoms with van der Waals surface area (Å²) in [5.74, 6) is 0.473. The molecule has 0 aliphatic carbocycles. The first kappa shape index (κ1) is 11.1. The Bertz CT molecular complexity index is 320. The van der Waals surface area contributed by atoms with Crippen molar-refractivity contribution in [3.8, 4) is 5.88 Å². The predicted octanol–water partition coefficient (Wildman–Crippen LogP) is 2.05. The van der Waals surface area contributed by atoms with Gasteiger partial charge in [0.2, 0.25) is 5.15 Å². The molecule has 1 saturated heterocycles. The molecule has 0 bridgehead atoms. The largest absolute Gasteiger partial charge is 0.473 e. The summed E-state index contributed by atoms with van der Waals surface area (Å²) < 4.78 is 13.4. The molecular weight excluding hydrogens is 234 g/mol. The minimum atomic E-state index is 0.374. The summed E-state index contributed by atoms with van der Waals surface area (Å²) >= 11 is 6.88. The van der Waals surface area contributed by atoms with Crippen molar-refractivity contribution in [2.45, 2.75) is 25.3 Å². The highest BCUT2D eigenvalue weighted by molar-refractivity contribution is 6.99. The maximum absolute atomic E-state index is 5.79. The van der Waals surface area contributed by atoms with Crippen LogP contribution in [0, 0.1) is 0 Å². The molecule has 1 aliphatic rings. The van der Waals surface area contributed by atoms with E-state index in [9.17, 15) is 0 Å². The summed E-state index contributed by atoms with van der Waals surface area (Å²) in [7, 11) is 2.13. The van der Waals surface area contributed by atoms with Crippen molar-refractivity contribution >= 4 is 23.3 Å². The van der Waals surface area contributed by atoms with E-state index in [1.165, 1.54) is 19.3 Å². The van der Waals surface area contributed by atoms with Gasteiger partial charge in [0.05, 0.1) is 11.7 Å². The Morgan fingerprint density at radius 2 is 2.40 bits per heavy atom. The van der Waals surface area contributed by atoms with E-state index < -0.39 is 0 Å². The van der Waals surface area contributed by atoms with E-state index in [1.807, 2.05) is 0 Å². The van der Waals surface area contributed by atoms with Crippen molar-refractivity contribution in [3.05, 3.63) is 5.15 Å². The number of aromatic nitrogens is 2. The van der Waals surface area contributed by atoms with Gasteiger partial charge in [-0.3, -0.25) is 0 Å². The van der Waals surface area contributed by atoms with Crippen LogP contribution in [0.5, 0.6) is 5.88 Å². The quantitative estimate of drug-likeness (QED) is 0.820. The second-order valence-electron chi connectivity index (χ2n) is 3.80. The molecule has 0 aromatic carbocycles. The van der Waals surface area contributed by atoms with Crippen LogP contribution < -0.4 is 4.74 Å². The van der Waals surface area contributed by atoms with Crippen LogP contribution in [0.2, 0.25) is 5.15 Å². The predicted molar refractivity (Wildman–Crippen MR) is 60.7 cm³/mol. The van der Waals surface area contributed by atoms with Crippen LogP contribution in [-0.4, -0.2) is 39.9 Å². The summed E-state index contributed by atoms with van der Waals surface area (Å²) in [6.07, 6.45) is 3.75. The first-order valence-corrected chi connectivity index (χ1v) is 6.19. The fourth-order valence-corrected chi connectivity index (χ4v) is 2.43. The Labute approximate surface area is 98.5 Å². The van der Waals surface area contributed by atoms with Crippen molar-refractivity contribution in [1.82, 2.24) is 13.6 Å². The second-order valence-corrected chi connectivity index (χ2v) is 4.69. The molecule has 0 amide bonds. The molecule has 0 saturated carbocycles. The fraction of sp³-hybridized carbons (Fsp3) is 0.778. The number of likely N-dealkylation sites (N-methyl/N-ethyl adjacent to an activating group) is 1. The first-order chi connectivity index (χ1) is 7.27. The van der Waals surface area contributed by atoms with Gasteiger partial charge in [-0.05, 0) is 26.4 Å². The van der Waals surface area contributed by atoms with Gasteiger partial charge in [-0.25, -0.2) is 0 Å². The maximum atomic E-state index is 5.79. The number of rotatable bonds is 3. The number of likely N-dealkylation sites (tertiary alicyclic amines) is 1. The van der Waals surface area contributed by atoms with Gasteiger partial charge in [-0.2, -0.15) is 4.37 Å². The Balaban J connectivity index is 1.84. The molecule has 84 valence electrons. The first-order valence-electron chi connectivity index (χ1n) is 5.08. The van der Waals surface area contributed by atoms with Crippen molar-refractivity contribution in [2.24, 2.45) is 0 Å². The van der Waals surface area contributed by atoms with E-state index in [-0.39, 0.29) is 0 Å². The molecule has 1 atom stereocenters. The molecule has 4 nitrogen and oxygen atoms in total. The standard InChI is InChI=1S/C9H14ClN3OS/c1-13-5-3-2-4-7(13)6-14-9-8(10)11-15-12-9/h7H,2-6H2,1H3. The number of piperidine rings is 1. The van der Waals surface area contributed by atoms with Gasteiger partial charge >= 0.3 is 0 Å². The van der Waals surface area contributed by atoms with Crippen LogP contribution in [-0.2, 0) is 0 Å². The molecule has 2 heterocycles. The lowest BCUT2D eigenvalue weighted by Crippen LogP contribution is -2.40. The number of hydrogen-bond donors (Lipinski definition) is 0. The number of halogens is 1. The lowest BCUT2D eigenvalue weighted by molar-refractivity contribution is 0.123. The molecule has 6 heteroatoms. The van der Waals surface area contributed by atoms with E-state index in [1.54, 1.807) is 0 Å². The molecule has 0 spiro atoms. The van der Waals surface area contributed by atoms with Gasteiger partial charge in [-0.1, -0.05) is 18.0 Å². The van der Waals surface area contributed by atoms with Crippen LogP contribution in [0.3, 0.4) is 0 Å². The van der Waals surface area contributed by atoms with Crippen molar-refractivity contribution < 1.29 is 4.74 Å². The van der Waals surface area contributed by atoms with Crippen molar-refractivity contribution in [1.29, 1.82) is 0 Å². The number of nitrogens with zero attached hydrogens (tertiary/aromatic N) is 3. The van der Waals surface area contributed by atoms with Crippen molar-refractivity contribution in [2.75, 3.05) is 20.2 Å². The molecule has 1 fully saturated rings. The molecule has 1 aromatic rings. The lowest BCUT2D eigenvalue weighted by Gasteiger charge is -2.31. The summed E-state index contributed by atoms with van der Waals surface area (Å²) in [5.41, 5.74) is 0. The fourth-order valence-electron chi connectivity index (χ4n) is 1.79. The Morgan fingerprint density at radius 3 is 3.07 bits per heavy atom. The third-order valence-electron chi connectivity index (χ3n) is 2.76. The molecule has 0 radical (unpaired) electrons. The van der Waals surface area contributed by atoms with Gasteiger partial charge < -0.3 is 9.64 Å². The SMILES string of the molecule is CN1CCCCC1COc1nsnc1Cl. The molecule has 1 aliphatic heterocycles. The number of hydrogen-bond acceptors (Lipinski definition) is 5. The smallest absolute Gasteiger partial charge is 0.265 e. The Hall–Kier alpha value is -0.390. The molecule has 0 N–H and O–H groups in total. The van der Waals surface area contributed by atoms with Gasteiger partial charge in [0, 0.05) is 6.04 Å².